The number of hydrogen-bond acceptors (Lipinski definition) is 2. The van der Waals surface area contributed by atoms with Gasteiger partial charge in [0, 0.05) is 11.8 Å². The minimum Gasteiger partial charge on any atom is -0.306 e. The van der Waals surface area contributed by atoms with Crippen LogP contribution < -0.4 is 5.32 Å². The highest BCUT2D eigenvalue weighted by atomic mass is 35.5. The van der Waals surface area contributed by atoms with Crippen LogP contribution in [-0.2, 0) is 0 Å². The SMILES string of the molecule is Cc1cccn2c(NC(=O)c3ccc(F)cc3Cl)c(-c3ccccc3)nc12. The van der Waals surface area contributed by atoms with E-state index < -0.39 is 11.7 Å². The molecule has 0 aliphatic heterocycles. The van der Waals surface area contributed by atoms with E-state index in [1.807, 2.05) is 60.0 Å². The summed E-state index contributed by atoms with van der Waals surface area (Å²) < 4.78 is 15.1. The number of fused-ring (bicyclic) bond motifs is 1. The van der Waals surface area contributed by atoms with Gasteiger partial charge < -0.3 is 5.32 Å². The molecular formula is C21H15ClFN3O. The van der Waals surface area contributed by atoms with Gasteiger partial charge in [-0.25, -0.2) is 9.37 Å². The third-order valence-corrected chi connectivity index (χ3v) is 4.61. The van der Waals surface area contributed by atoms with E-state index in [0.29, 0.717) is 11.5 Å². The van der Waals surface area contributed by atoms with Crippen LogP contribution in [0.2, 0.25) is 5.02 Å². The molecule has 6 heteroatoms. The number of carbonyl (C=O) groups excluding carboxylic acids is 1. The van der Waals surface area contributed by atoms with Crippen molar-refractivity contribution < 1.29 is 9.18 Å². The predicted molar refractivity (Wildman–Crippen MR) is 105 cm³/mol. The van der Waals surface area contributed by atoms with Crippen LogP contribution in [0.15, 0.2) is 66.9 Å². The minimum absolute atomic E-state index is 0.0544. The fraction of sp³-hybridized carbons (Fsp3) is 0.0476. The van der Waals surface area contributed by atoms with Gasteiger partial charge in [0.2, 0.25) is 0 Å². The second-order valence-electron chi connectivity index (χ2n) is 6.14. The molecule has 0 aliphatic rings. The second-order valence-corrected chi connectivity index (χ2v) is 6.55. The number of anilines is 1. The molecule has 4 nitrogen and oxygen atoms in total. The van der Waals surface area contributed by atoms with Crippen molar-refractivity contribution in [2.75, 3.05) is 5.32 Å². The Morgan fingerprint density at radius 3 is 2.63 bits per heavy atom. The molecule has 0 saturated carbocycles. The monoisotopic (exact) mass is 379 g/mol. The van der Waals surface area contributed by atoms with E-state index >= 15 is 0 Å². The number of pyridine rings is 1. The zero-order valence-corrected chi connectivity index (χ0v) is 15.2. The quantitative estimate of drug-likeness (QED) is 0.521. The van der Waals surface area contributed by atoms with E-state index in [-0.39, 0.29) is 10.6 Å². The molecule has 0 radical (unpaired) electrons. The molecule has 0 atom stereocenters. The van der Waals surface area contributed by atoms with Gasteiger partial charge in [0.1, 0.15) is 23.0 Å². The van der Waals surface area contributed by atoms with Gasteiger partial charge in [-0.15, -0.1) is 0 Å². The van der Waals surface area contributed by atoms with Gasteiger partial charge in [0.15, 0.2) is 0 Å². The van der Waals surface area contributed by atoms with E-state index in [9.17, 15) is 9.18 Å². The number of aryl methyl sites for hydroxylation is 1. The van der Waals surface area contributed by atoms with Crippen LogP contribution in [0.25, 0.3) is 16.9 Å². The number of carbonyl (C=O) groups is 1. The van der Waals surface area contributed by atoms with Gasteiger partial charge in [-0.1, -0.05) is 48.0 Å². The van der Waals surface area contributed by atoms with Crippen molar-refractivity contribution in [2.24, 2.45) is 0 Å². The highest BCUT2D eigenvalue weighted by molar-refractivity contribution is 6.34. The van der Waals surface area contributed by atoms with Crippen molar-refractivity contribution in [3.63, 3.8) is 0 Å². The lowest BCUT2D eigenvalue weighted by Gasteiger charge is -2.09. The molecule has 4 rings (SSSR count). The highest BCUT2D eigenvalue weighted by Gasteiger charge is 2.19. The third-order valence-electron chi connectivity index (χ3n) is 4.30. The molecule has 1 amide bonds. The Hall–Kier alpha value is -3.18. The highest BCUT2D eigenvalue weighted by Crippen LogP contribution is 2.30. The molecule has 0 bridgehead atoms. The second kappa shape index (κ2) is 6.85. The molecule has 2 aromatic carbocycles. The summed E-state index contributed by atoms with van der Waals surface area (Å²) in [6.07, 6.45) is 1.84. The molecule has 27 heavy (non-hydrogen) atoms. The molecule has 2 aromatic heterocycles. The largest absolute Gasteiger partial charge is 0.306 e. The molecule has 0 aliphatic carbocycles. The maximum Gasteiger partial charge on any atom is 0.258 e. The first-order valence-corrected chi connectivity index (χ1v) is 8.72. The standard InChI is InChI=1S/C21H15ClFN3O/c1-13-6-5-11-26-19(13)24-18(14-7-3-2-4-8-14)20(26)25-21(27)16-10-9-15(23)12-17(16)22/h2-12H,1H3,(H,25,27). The average Bonchev–Trinajstić information content (AvgIpc) is 3.02. The van der Waals surface area contributed by atoms with E-state index in [0.717, 1.165) is 22.8 Å². The summed E-state index contributed by atoms with van der Waals surface area (Å²) in [5.41, 5.74) is 3.45. The first kappa shape index (κ1) is 17.2. The van der Waals surface area contributed by atoms with Crippen LogP contribution in [-0.4, -0.2) is 15.3 Å². The van der Waals surface area contributed by atoms with Crippen LogP contribution in [0.3, 0.4) is 0 Å². The van der Waals surface area contributed by atoms with Crippen molar-refractivity contribution in [2.45, 2.75) is 6.92 Å². The van der Waals surface area contributed by atoms with Gasteiger partial charge in [-0.05, 0) is 36.8 Å². The topological polar surface area (TPSA) is 46.4 Å². The summed E-state index contributed by atoms with van der Waals surface area (Å²) in [6, 6.07) is 17.1. The summed E-state index contributed by atoms with van der Waals surface area (Å²) in [5, 5.41) is 2.94. The number of rotatable bonds is 3. The lowest BCUT2D eigenvalue weighted by Crippen LogP contribution is -2.14. The maximum absolute atomic E-state index is 13.3. The first-order chi connectivity index (χ1) is 13.0. The molecule has 0 saturated heterocycles. The van der Waals surface area contributed by atoms with Gasteiger partial charge in [-0.2, -0.15) is 0 Å². The summed E-state index contributed by atoms with van der Waals surface area (Å²) in [6.45, 7) is 1.96. The van der Waals surface area contributed by atoms with Crippen LogP contribution in [0.5, 0.6) is 0 Å². The normalized spacial score (nSPS) is 10.9. The fourth-order valence-corrected chi connectivity index (χ4v) is 3.22. The average molecular weight is 380 g/mol. The van der Waals surface area contributed by atoms with Crippen LogP contribution in [0.1, 0.15) is 15.9 Å². The van der Waals surface area contributed by atoms with Crippen molar-refractivity contribution in [3.8, 4) is 11.3 Å². The number of benzene rings is 2. The summed E-state index contributed by atoms with van der Waals surface area (Å²) >= 11 is 6.04. The zero-order chi connectivity index (χ0) is 19.0. The van der Waals surface area contributed by atoms with Gasteiger partial charge in [0.25, 0.3) is 5.91 Å². The molecule has 134 valence electrons. The van der Waals surface area contributed by atoms with E-state index in [1.165, 1.54) is 12.1 Å². The lowest BCUT2D eigenvalue weighted by atomic mass is 10.1. The van der Waals surface area contributed by atoms with Crippen molar-refractivity contribution in [1.29, 1.82) is 0 Å². The van der Waals surface area contributed by atoms with Crippen LogP contribution in [0.4, 0.5) is 10.2 Å². The molecule has 2 heterocycles. The van der Waals surface area contributed by atoms with E-state index in [4.69, 9.17) is 16.6 Å². The van der Waals surface area contributed by atoms with Crippen LogP contribution >= 0.6 is 11.6 Å². The molecule has 0 spiro atoms. The zero-order valence-electron chi connectivity index (χ0n) is 14.4. The molecule has 0 fully saturated rings. The number of halogens is 2. The first-order valence-electron chi connectivity index (χ1n) is 8.34. The maximum atomic E-state index is 13.3. The third kappa shape index (κ3) is 3.17. The predicted octanol–water partition coefficient (Wildman–Crippen LogP) is 5.35. The molecule has 0 unspecified atom stereocenters. The number of nitrogens with zero attached hydrogens (tertiary/aromatic N) is 2. The smallest absolute Gasteiger partial charge is 0.258 e. The number of imidazole rings is 1. The Balaban J connectivity index is 1.85. The Bertz CT molecular complexity index is 1160. The minimum atomic E-state index is -0.494. The Kier molecular flexibility index (Phi) is 4.38. The van der Waals surface area contributed by atoms with Crippen LogP contribution in [0, 0.1) is 12.7 Å². The Labute approximate surface area is 160 Å². The van der Waals surface area contributed by atoms with Crippen molar-refractivity contribution >= 4 is 29.0 Å². The number of nitrogens with one attached hydrogen (secondary N) is 1. The molecule has 1 N–H and O–H groups in total. The summed E-state index contributed by atoms with van der Waals surface area (Å²) in [4.78, 5) is 17.5. The lowest BCUT2D eigenvalue weighted by molar-refractivity contribution is 0.102. The number of amides is 1. The van der Waals surface area contributed by atoms with Crippen molar-refractivity contribution in [3.05, 3.63) is 88.8 Å². The number of hydrogen-bond donors (Lipinski definition) is 1. The Morgan fingerprint density at radius 1 is 1.11 bits per heavy atom. The van der Waals surface area contributed by atoms with Gasteiger partial charge in [-0.3, -0.25) is 9.20 Å². The van der Waals surface area contributed by atoms with E-state index in [2.05, 4.69) is 5.32 Å². The fourth-order valence-electron chi connectivity index (χ4n) is 2.97. The molecular weight excluding hydrogens is 365 g/mol. The summed E-state index contributed by atoms with van der Waals surface area (Å²) in [5.74, 6) is -0.391. The molecule has 4 aromatic rings. The van der Waals surface area contributed by atoms with Crippen molar-refractivity contribution in [1.82, 2.24) is 9.38 Å². The Morgan fingerprint density at radius 2 is 1.89 bits per heavy atom. The van der Waals surface area contributed by atoms with Gasteiger partial charge >= 0.3 is 0 Å². The number of aromatic nitrogens is 2. The van der Waals surface area contributed by atoms with E-state index in [1.54, 1.807) is 0 Å². The van der Waals surface area contributed by atoms with Gasteiger partial charge in [0.05, 0.1) is 10.6 Å². The summed E-state index contributed by atoms with van der Waals surface area (Å²) in [7, 11) is 0.